The summed E-state index contributed by atoms with van der Waals surface area (Å²) in [7, 11) is 1.58. The number of hydrogen-bond donors (Lipinski definition) is 3. The third kappa shape index (κ3) is 3.63. The first-order valence-electron chi connectivity index (χ1n) is 6.53. The van der Waals surface area contributed by atoms with Gasteiger partial charge in [0, 0.05) is 0 Å². The van der Waals surface area contributed by atoms with Crippen LogP contribution in [0.1, 0.15) is 18.4 Å². The predicted molar refractivity (Wildman–Crippen MR) is 74.8 cm³/mol. The van der Waals surface area contributed by atoms with Gasteiger partial charge in [0.15, 0.2) is 5.84 Å². The lowest BCUT2D eigenvalue weighted by atomic mass is 10.1. The number of hydrogen-bond acceptors (Lipinski definition) is 4. The highest BCUT2D eigenvalue weighted by Gasteiger charge is 2.35. The fourth-order valence-electron chi connectivity index (χ4n) is 2.12. The zero-order valence-corrected chi connectivity index (χ0v) is 11.4. The van der Waals surface area contributed by atoms with E-state index in [4.69, 9.17) is 15.7 Å². The molecule has 1 atom stereocenters. The second-order valence-corrected chi connectivity index (χ2v) is 4.94. The van der Waals surface area contributed by atoms with Crippen LogP contribution in [0, 0.1) is 5.92 Å². The second kappa shape index (κ2) is 6.27. The highest BCUT2D eigenvalue weighted by Crippen LogP contribution is 2.32. The molecular weight excluding hydrogens is 258 g/mol. The van der Waals surface area contributed by atoms with Gasteiger partial charge >= 0.3 is 0 Å². The van der Waals surface area contributed by atoms with Crippen LogP contribution in [0.4, 0.5) is 0 Å². The molecule has 1 fully saturated rings. The fraction of sp³-hybridized carbons (Fsp3) is 0.429. The van der Waals surface area contributed by atoms with Crippen molar-refractivity contribution in [1.29, 1.82) is 0 Å². The number of methoxy groups -OCH3 is 1. The molecule has 0 bridgehead atoms. The number of nitrogens with two attached hydrogens (primary N) is 1. The molecule has 108 valence electrons. The summed E-state index contributed by atoms with van der Waals surface area (Å²) in [6.07, 6.45) is 2.21. The summed E-state index contributed by atoms with van der Waals surface area (Å²) in [5.74, 6) is 0.902. The molecule has 0 aromatic heterocycles. The van der Waals surface area contributed by atoms with E-state index in [-0.39, 0.29) is 30.1 Å². The maximum Gasteiger partial charge on any atom is 0.225 e. The summed E-state index contributed by atoms with van der Waals surface area (Å²) < 4.78 is 5.12. The zero-order valence-electron chi connectivity index (χ0n) is 11.4. The normalized spacial score (nSPS) is 16.6. The molecule has 0 heterocycles. The van der Waals surface area contributed by atoms with E-state index < -0.39 is 0 Å². The van der Waals surface area contributed by atoms with E-state index >= 15 is 0 Å². The van der Waals surface area contributed by atoms with Crippen LogP contribution in [0.15, 0.2) is 29.4 Å². The molecule has 20 heavy (non-hydrogen) atoms. The molecule has 6 nitrogen and oxygen atoms in total. The Hall–Kier alpha value is -2.24. The van der Waals surface area contributed by atoms with E-state index in [1.807, 2.05) is 24.3 Å². The van der Waals surface area contributed by atoms with Crippen LogP contribution >= 0.6 is 0 Å². The van der Waals surface area contributed by atoms with Gasteiger partial charge in [-0.3, -0.25) is 4.79 Å². The molecular formula is C14H19N3O3. The van der Waals surface area contributed by atoms with Gasteiger partial charge in [0.25, 0.3) is 0 Å². The molecule has 1 amide bonds. The third-order valence-corrected chi connectivity index (χ3v) is 3.34. The van der Waals surface area contributed by atoms with Gasteiger partial charge in [0.2, 0.25) is 5.91 Å². The van der Waals surface area contributed by atoms with E-state index in [2.05, 4.69) is 10.5 Å². The van der Waals surface area contributed by atoms with Gasteiger partial charge in [-0.15, -0.1) is 0 Å². The lowest BCUT2D eigenvalue weighted by Gasteiger charge is -2.16. The van der Waals surface area contributed by atoms with E-state index in [0.717, 1.165) is 18.4 Å². The minimum absolute atomic E-state index is 0.0616. The van der Waals surface area contributed by atoms with Gasteiger partial charge in [0.05, 0.1) is 19.6 Å². The van der Waals surface area contributed by atoms with E-state index in [9.17, 15) is 4.79 Å². The van der Waals surface area contributed by atoms with Crippen molar-refractivity contribution in [3.05, 3.63) is 29.8 Å². The molecule has 2 rings (SSSR count). The first kappa shape index (κ1) is 14.2. The highest BCUT2D eigenvalue weighted by atomic mass is 16.5. The molecule has 1 saturated carbocycles. The smallest absolute Gasteiger partial charge is 0.225 e. The zero-order chi connectivity index (χ0) is 14.5. The molecule has 0 spiro atoms. The van der Waals surface area contributed by atoms with Gasteiger partial charge in [-0.2, -0.15) is 0 Å². The Kier molecular flexibility index (Phi) is 4.45. The van der Waals surface area contributed by atoms with Crippen molar-refractivity contribution in [3.63, 3.8) is 0 Å². The van der Waals surface area contributed by atoms with Crippen LogP contribution < -0.4 is 15.8 Å². The number of oxime groups is 1. The third-order valence-electron chi connectivity index (χ3n) is 3.34. The van der Waals surface area contributed by atoms with E-state index in [1.165, 1.54) is 0 Å². The standard InChI is InChI=1S/C14H19N3O3/c1-20-11-4-2-3-9(7-11)8-12(18)16-13(10-5-6-10)14(15)17-19/h2-4,7,10,13,19H,5-6,8H2,1H3,(H2,15,17)(H,16,18). The lowest BCUT2D eigenvalue weighted by Crippen LogP contribution is -2.46. The number of amides is 1. The van der Waals surface area contributed by atoms with Crippen molar-refractivity contribution in [3.8, 4) is 5.75 Å². The molecule has 1 aliphatic rings. The Labute approximate surface area is 117 Å². The Balaban J connectivity index is 1.97. The minimum Gasteiger partial charge on any atom is -0.497 e. The lowest BCUT2D eigenvalue weighted by molar-refractivity contribution is -0.120. The van der Waals surface area contributed by atoms with Crippen LogP contribution in [0.25, 0.3) is 0 Å². The van der Waals surface area contributed by atoms with Crippen molar-refractivity contribution in [2.24, 2.45) is 16.8 Å². The number of carbonyl (C=O) groups is 1. The molecule has 0 saturated heterocycles. The summed E-state index contributed by atoms with van der Waals surface area (Å²) in [5, 5.41) is 14.6. The number of nitrogens with one attached hydrogen (secondary N) is 1. The molecule has 1 unspecified atom stereocenters. The SMILES string of the molecule is COc1cccc(CC(=O)NC(C(N)=NO)C2CC2)c1. The fourth-order valence-corrected chi connectivity index (χ4v) is 2.12. The minimum atomic E-state index is -0.377. The number of amidine groups is 1. The van der Waals surface area contributed by atoms with Crippen molar-refractivity contribution < 1.29 is 14.7 Å². The highest BCUT2D eigenvalue weighted by molar-refractivity contribution is 5.91. The van der Waals surface area contributed by atoms with E-state index in [1.54, 1.807) is 7.11 Å². The van der Waals surface area contributed by atoms with Crippen LogP contribution in [-0.2, 0) is 11.2 Å². The van der Waals surface area contributed by atoms with Crippen LogP contribution in [0.2, 0.25) is 0 Å². The van der Waals surface area contributed by atoms with Crippen molar-refractivity contribution in [1.82, 2.24) is 5.32 Å². The topological polar surface area (TPSA) is 96.9 Å². The largest absolute Gasteiger partial charge is 0.497 e. The van der Waals surface area contributed by atoms with E-state index in [0.29, 0.717) is 5.75 Å². The molecule has 0 aliphatic heterocycles. The summed E-state index contributed by atoms with van der Waals surface area (Å²) in [4.78, 5) is 12.0. The Morgan fingerprint density at radius 2 is 2.35 bits per heavy atom. The van der Waals surface area contributed by atoms with Gasteiger partial charge in [-0.25, -0.2) is 0 Å². The van der Waals surface area contributed by atoms with Crippen molar-refractivity contribution >= 4 is 11.7 Å². The van der Waals surface area contributed by atoms with Gasteiger partial charge in [0.1, 0.15) is 5.75 Å². The molecule has 6 heteroatoms. The number of carbonyl (C=O) groups excluding carboxylic acids is 1. The second-order valence-electron chi connectivity index (χ2n) is 4.94. The summed E-state index contributed by atoms with van der Waals surface area (Å²) >= 11 is 0. The summed E-state index contributed by atoms with van der Waals surface area (Å²) in [5.41, 5.74) is 6.47. The monoisotopic (exact) mass is 277 g/mol. The predicted octanol–water partition coefficient (Wildman–Crippen LogP) is 0.879. The van der Waals surface area contributed by atoms with Crippen molar-refractivity contribution in [2.45, 2.75) is 25.3 Å². The van der Waals surface area contributed by atoms with Crippen LogP contribution in [0.3, 0.4) is 0 Å². The Morgan fingerprint density at radius 3 is 2.95 bits per heavy atom. The molecule has 1 aromatic carbocycles. The van der Waals surface area contributed by atoms with Crippen LogP contribution in [-0.4, -0.2) is 30.1 Å². The molecule has 1 aliphatic carbocycles. The average molecular weight is 277 g/mol. The number of ether oxygens (including phenoxy) is 1. The number of nitrogens with zero attached hydrogens (tertiary/aromatic N) is 1. The molecule has 1 aromatic rings. The van der Waals surface area contributed by atoms with Crippen molar-refractivity contribution in [2.75, 3.05) is 7.11 Å². The maximum absolute atomic E-state index is 12.0. The number of benzene rings is 1. The Morgan fingerprint density at radius 1 is 1.60 bits per heavy atom. The Bertz CT molecular complexity index is 512. The average Bonchev–Trinajstić information content (AvgIpc) is 3.28. The number of rotatable bonds is 6. The summed E-state index contributed by atoms with van der Waals surface area (Å²) in [6.45, 7) is 0. The first-order chi connectivity index (χ1) is 9.63. The molecule has 0 radical (unpaired) electrons. The van der Waals surface area contributed by atoms with Gasteiger partial charge in [-0.1, -0.05) is 17.3 Å². The molecule has 4 N–H and O–H groups in total. The van der Waals surface area contributed by atoms with Crippen LogP contribution in [0.5, 0.6) is 5.75 Å². The summed E-state index contributed by atoms with van der Waals surface area (Å²) in [6, 6.07) is 6.96. The first-order valence-corrected chi connectivity index (χ1v) is 6.53. The quantitative estimate of drug-likeness (QED) is 0.311. The van der Waals surface area contributed by atoms with Gasteiger partial charge in [-0.05, 0) is 36.5 Å². The maximum atomic E-state index is 12.0. The van der Waals surface area contributed by atoms with Gasteiger partial charge < -0.3 is 21.0 Å².